The standard InChI is InChI=1S/C39H43N3O5/c1-6-8-13-24-42(37(45)34(41-38(46)47-39(3,4)5)25-27-18-22-32(43)23-19-27)35(33-17-12-11-14-28(33)7-2)36(44)40-31-21-20-29-15-9-10-16-30(29)26-31/h2,9-12,14-23,26,34-35,43H,6,8,13,24-25H2,1,3-5H3,(H,40,44)(H,41,46). The minimum atomic E-state index is -1.11. The highest BCUT2D eigenvalue weighted by molar-refractivity contribution is 6.00. The zero-order chi connectivity index (χ0) is 34.0. The third-order valence-corrected chi connectivity index (χ3v) is 7.64. The van der Waals surface area contributed by atoms with Crippen molar-refractivity contribution in [3.63, 3.8) is 0 Å². The maximum Gasteiger partial charge on any atom is 0.408 e. The first kappa shape index (κ1) is 34.6. The number of amides is 3. The van der Waals surface area contributed by atoms with Crippen LogP contribution in [-0.4, -0.2) is 46.1 Å². The lowest BCUT2D eigenvalue weighted by Gasteiger charge is -2.35. The molecule has 0 saturated carbocycles. The molecular formula is C39H43N3O5. The molecule has 0 saturated heterocycles. The van der Waals surface area contributed by atoms with Crippen molar-refractivity contribution in [1.82, 2.24) is 10.2 Å². The Hall–Kier alpha value is -5.29. The van der Waals surface area contributed by atoms with Crippen molar-refractivity contribution in [3.05, 3.63) is 108 Å². The van der Waals surface area contributed by atoms with Crippen molar-refractivity contribution >= 4 is 34.4 Å². The van der Waals surface area contributed by atoms with Crippen LogP contribution in [0.1, 0.15) is 69.7 Å². The summed E-state index contributed by atoms with van der Waals surface area (Å²) in [6.07, 6.45) is 7.59. The van der Waals surface area contributed by atoms with Crippen LogP contribution in [0, 0.1) is 12.3 Å². The predicted molar refractivity (Wildman–Crippen MR) is 186 cm³/mol. The molecule has 8 heteroatoms. The Balaban J connectivity index is 1.79. The van der Waals surface area contributed by atoms with E-state index in [0.717, 1.165) is 23.6 Å². The highest BCUT2D eigenvalue weighted by Crippen LogP contribution is 2.29. The number of anilines is 1. The number of aromatic hydroxyl groups is 1. The maximum absolute atomic E-state index is 14.7. The van der Waals surface area contributed by atoms with E-state index in [1.54, 1.807) is 57.2 Å². The molecule has 244 valence electrons. The van der Waals surface area contributed by atoms with Gasteiger partial charge in [0, 0.05) is 24.2 Å². The second kappa shape index (κ2) is 15.8. The van der Waals surface area contributed by atoms with Gasteiger partial charge in [0.25, 0.3) is 5.91 Å². The molecule has 0 aliphatic carbocycles. The van der Waals surface area contributed by atoms with E-state index in [1.807, 2.05) is 42.5 Å². The Morgan fingerprint density at radius 3 is 2.28 bits per heavy atom. The summed E-state index contributed by atoms with van der Waals surface area (Å²) in [4.78, 5) is 43.7. The van der Waals surface area contributed by atoms with Gasteiger partial charge in [-0.3, -0.25) is 9.59 Å². The molecule has 47 heavy (non-hydrogen) atoms. The largest absolute Gasteiger partial charge is 0.508 e. The van der Waals surface area contributed by atoms with Gasteiger partial charge in [-0.15, -0.1) is 6.42 Å². The molecule has 0 aliphatic rings. The SMILES string of the molecule is C#Cc1ccccc1C(C(=O)Nc1ccc2ccccc2c1)N(CCCCC)C(=O)C(Cc1ccc(O)cc1)NC(=O)OC(C)(C)C. The molecule has 0 fully saturated rings. The van der Waals surface area contributed by atoms with Crippen molar-refractivity contribution in [2.24, 2.45) is 0 Å². The molecule has 0 bridgehead atoms. The van der Waals surface area contributed by atoms with Crippen LogP contribution in [0.4, 0.5) is 10.5 Å². The van der Waals surface area contributed by atoms with Gasteiger partial charge < -0.3 is 25.4 Å². The third-order valence-electron chi connectivity index (χ3n) is 7.64. The van der Waals surface area contributed by atoms with E-state index in [9.17, 15) is 19.5 Å². The van der Waals surface area contributed by atoms with Crippen LogP contribution in [0.5, 0.6) is 5.75 Å². The van der Waals surface area contributed by atoms with Crippen LogP contribution in [0.25, 0.3) is 10.8 Å². The molecule has 0 spiro atoms. The van der Waals surface area contributed by atoms with Gasteiger partial charge in [0.15, 0.2) is 0 Å². The Bertz CT molecular complexity index is 1740. The van der Waals surface area contributed by atoms with Crippen LogP contribution >= 0.6 is 0 Å². The van der Waals surface area contributed by atoms with Crippen LogP contribution in [0.2, 0.25) is 0 Å². The molecule has 4 aromatic carbocycles. The molecule has 4 aromatic rings. The van der Waals surface area contributed by atoms with Gasteiger partial charge in [-0.25, -0.2) is 4.79 Å². The Morgan fingerprint density at radius 1 is 0.915 bits per heavy atom. The molecular weight excluding hydrogens is 590 g/mol. The molecule has 2 atom stereocenters. The highest BCUT2D eigenvalue weighted by Gasteiger charge is 2.37. The minimum Gasteiger partial charge on any atom is -0.508 e. The highest BCUT2D eigenvalue weighted by atomic mass is 16.6. The average Bonchev–Trinajstić information content (AvgIpc) is 3.04. The van der Waals surface area contributed by atoms with Crippen molar-refractivity contribution in [1.29, 1.82) is 0 Å². The van der Waals surface area contributed by atoms with Crippen LogP contribution in [0.15, 0.2) is 91.0 Å². The van der Waals surface area contributed by atoms with Gasteiger partial charge in [0.2, 0.25) is 5.91 Å². The number of phenolic OH excluding ortho intramolecular Hbond substituents is 1. The molecule has 0 aliphatic heterocycles. The monoisotopic (exact) mass is 633 g/mol. The van der Waals surface area contributed by atoms with Crippen LogP contribution < -0.4 is 10.6 Å². The lowest BCUT2D eigenvalue weighted by atomic mass is 9.96. The van der Waals surface area contributed by atoms with Gasteiger partial charge in [0.1, 0.15) is 23.4 Å². The number of nitrogens with zero attached hydrogens (tertiary/aromatic N) is 1. The molecule has 4 rings (SSSR count). The summed E-state index contributed by atoms with van der Waals surface area (Å²) >= 11 is 0. The Labute approximate surface area is 277 Å². The van der Waals surface area contributed by atoms with Gasteiger partial charge in [0.05, 0.1) is 0 Å². The van der Waals surface area contributed by atoms with Crippen LogP contribution in [-0.2, 0) is 20.7 Å². The van der Waals surface area contributed by atoms with Crippen molar-refractivity contribution in [3.8, 4) is 18.1 Å². The first-order valence-corrected chi connectivity index (χ1v) is 15.9. The Morgan fingerprint density at radius 2 is 1.60 bits per heavy atom. The number of ether oxygens (including phenoxy) is 1. The zero-order valence-corrected chi connectivity index (χ0v) is 27.5. The summed E-state index contributed by atoms with van der Waals surface area (Å²) in [6.45, 7) is 7.52. The molecule has 8 nitrogen and oxygen atoms in total. The molecule has 3 amide bonds. The number of carbonyl (C=O) groups excluding carboxylic acids is 3. The zero-order valence-electron chi connectivity index (χ0n) is 27.5. The summed E-state index contributed by atoms with van der Waals surface area (Å²) < 4.78 is 5.53. The third kappa shape index (κ3) is 9.60. The average molecular weight is 634 g/mol. The molecule has 3 N–H and O–H groups in total. The fraction of sp³-hybridized carbons (Fsp3) is 0.308. The van der Waals surface area contributed by atoms with Crippen LogP contribution in [0.3, 0.4) is 0 Å². The number of phenols is 1. The first-order chi connectivity index (χ1) is 22.5. The fourth-order valence-corrected chi connectivity index (χ4v) is 5.41. The summed E-state index contributed by atoms with van der Waals surface area (Å²) in [5, 5.41) is 17.6. The van der Waals surface area contributed by atoms with E-state index in [0.29, 0.717) is 28.8 Å². The second-order valence-electron chi connectivity index (χ2n) is 12.5. The maximum atomic E-state index is 14.7. The number of benzene rings is 4. The van der Waals surface area contributed by atoms with Gasteiger partial charge in [-0.2, -0.15) is 0 Å². The summed E-state index contributed by atoms with van der Waals surface area (Å²) in [7, 11) is 0. The second-order valence-corrected chi connectivity index (χ2v) is 12.5. The smallest absolute Gasteiger partial charge is 0.408 e. The van der Waals surface area contributed by atoms with Crippen molar-refractivity contribution in [2.45, 2.75) is 71.1 Å². The molecule has 0 aromatic heterocycles. The first-order valence-electron chi connectivity index (χ1n) is 15.9. The van der Waals surface area contributed by atoms with Gasteiger partial charge in [-0.05, 0) is 79.4 Å². The van der Waals surface area contributed by atoms with E-state index >= 15 is 0 Å². The summed E-state index contributed by atoms with van der Waals surface area (Å²) in [5.74, 6) is 1.86. The summed E-state index contributed by atoms with van der Waals surface area (Å²) in [6, 6.07) is 24.8. The molecule has 2 unspecified atom stereocenters. The van der Waals surface area contributed by atoms with E-state index < -0.39 is 35.6 Å². The minimum absolute atomic E-state index is 0.0780. The number of unbranched alkanes of at least 4 members (excludes halogenated alkanes) is 2. The molecule has 0 radical (unpaired) electrons. The van der Waals surface area contributed by atoms with Crippen molar-refractivity contribution < 1.29 is 24.2 Å². The predicted octanol–water partition coefficient (Wildman–Crippen LogP) is 7.36. The molecule has 0 heterocycles. The quantitative estimate of drug-likeness (QED) is 0.112. The fourth-order valence-electron chi connectivity index (χ4n) is 5.41. The number of rotatable bonds is 12. The number of alkyl carbamates (subject to hydrolysis) is 1. The van der Waals surface area contributed by atoms with Crippen molar-refractivity contribution in [2.75, 3.05) is 11.9 Å². The lowest BCUT2D eigenvalue weighted by molar-refractivity contribution is -0.140. The van der Waals surface area contributed by atoms with Gasteiger partial charge in [-0.1, -0.05) is 86.3 Å². The number of hydrogen-bond acceptors (Lipinski definition) is 5. The van der Waals surface area contributed by atoms with E-state index in [1.165, 1.54) is 17.0 Å². The number of terminal acetylenes is 1. The summed E-state index contributed by atoms with van der Waals surface area (Å²) in [5.41, 5.74) is 1.45. The lowest BCUT2D eigenvalue weighted by Crippen LogP contribution is -2.53. The van der Waals surface area contributed by atoms with Gasteiger partial charge >= 0.3 is 6.09 Å². The van der Waals surface area contributed by atoms with E-state index in [2.05, 4.69) is 23.5 Å². The Kier molecular flexibility index (Phi) is 11.6. The topological polar surface area (TPSA) is 108 Å². The normalized spacial score (nSPS) is 12.4. The number of nitrogens with one attached hydrogen (secondary N) is 2. The van der Waals surface area contributed by atoms with E-state index in [4.69, 9.17) is 11.2 Å². The van der Waals surface area contributed by atoms with E-state index in [-0.39, 0.29) is 18.7 Å². The number of fused-ring (bicyclic) bond motifs is 1. The number of carbonyl (C=O) groups is 3. The number of hydrogen-bond donors (Lipinski definition) is 3.